The Morgan fingerprint density at radius 2 is 1.22 bits per heavy atom. The molecule has 0 bridgehead atoms. The van der Waals surface area contributed by atoms with E-state index in [4.69, 9.17) is 4.99 Å². The zero-order valence-electron chi connectivity index (χ0n) is 32.0. The zero-order chi connectivity index (χ0) is 38.1. The monoisotopic (exact) mass is 759 g/mol. The minimum Gasteiger partial charge on any atom is -0.309 e. The lowest BCUT2D eigenvalue weighted by molar-refractivity contribution is 0.439. The lowest BCUT2D eigenvalue weighted by atomic mass is 9.86. The van der Waals surface area contributed by atoms with Gasteiger partial charge in [-0.2, -0.15) is 0 Å². The number of fused-ring (bicyclic) bond motifs is 14. The molecule has 1 aliphatic rings. The Balaban J connectivity index is 1.07. The van der Waals surface area contributed by atoms with Crippen LogP contribution in [0.3, 0.4) is 0 Å². The van der Waals surface area contributed by atoms with Crippen molar-refractivity contribution in [3.05, 3.63) is 191 Å². The maximum absolute atomic E-state index is 5.73. The largest absolute Gasteiger partial charge is 0.309 e. The summed E-state index contributed by atoms with van der Waals surface area (Å²) in [6.45, 7) is 2.38. The first kappa shape index (κ1) is 32.3. The third-order valence-corrected chi connectivity index (χ3v) is 14.3. The maximum atomic E-state index is 5.73. The van der Waals surface area contributed by atoms with E-state index in [1.165, 1.54) is 96.8 Å². The second-order valence-electron chi connectivity index (χ2n) is 16.3. The first-order valence-electron chi connectivity index (χ1n) is 20.5. The third-order valence-electron chi connectivity index (χ3n) is 13.1. The fourth-order valence-electron chi connectivity index (χ4n) is 10.4. The van der Waals surface area contributed by atoms with E-state index in [1.807, 2.05) is 11.3 Å². The van der Waals surface area contributed by atoms with Gasteiger partial charge in [0, 0.05) is 48.3 Å². The summed E-state index contributed by atoms with van der Waals surface area (Å²) < 4.78 is 6.35. The fourth-order valence-corrected chi connectivity index (χ4v) is 11.7. The summed E-state index contributed by atoms with van der Waals surface area (Å²) in [5.41, 5.74) is 12.4. The number of aliphatic imine (C=N–C) groups is 1. The third kappa shape index (κ3) is 4.46. The average Bonchev–Trinajstić information content (AvgIpc) is 4.00. The molecule has 274 valence electrons. The summed E-state index contributed by atoms with van der Waals surface area (Å²) in [6, 6.07) is 63.1. The maximum Gasteiger partial charge on any atom is 0.0829 e. The Labute approximate surface area is 339 Å². The van der Waals surface area contributed by atoms with Crippen LogP contribution in [0.15, 0.2) is 175 Å². The molecule has 4 aromatic heterocycles. The van der Waals surface area contributed by atoms with Gasteiger partial charge in [0.15, 0.2) is 0 Å². The predicted molar refractivity (Wildman–Crippen MR) is 247 cm³/mol. The van der Waals surface area contributed by atoms with Gasteiger partial charge in [-0.1, -0.05) is 128 Å². The standard InChI is InChI=1S/C54H37N3S/c1-32-23-28-39-38-17-9-12-22-48(38)58-54(39)52(55-51(32)33-13-3-2-4-14-33)34-24-26-37(27-25-34)56-44-20-10-7-18-40(44)49-47(56)31-43-42-29-35-15-5-6-16-36(35)30-46(42)57-45-21-11-8-19-41(45)50(49)53(43)57/h2-22,24-27,29-32,51H,23,28H2,1H3. The number of rotatable bonds is 3. The normalized spacial score (nSPS) is 16.3. The van der Waals surface area contributed by atoms with E-state index in [1.54, 1.807) is 0 Å². The van der Waals surface area contributed by atoms with Gasteiger partial charge < -0.3 is 8.97 Å². The van der Waals surface area contributed by atoms with Gasteiger partial charge in [0.25, 0.3) is 0 Å². The second kappa shape index (κ2) is 12.1. The lowest BCUT2D eigenvalue weighted by Crippen LogP contribution is -2.17. The molecule has 3 nitrogen and oxygen atoms in total. The van der Waals surface area contributed by atoms with Crippen molar-refractivity contribution in [1.29, 1.82) is 0 Å². The molecule has 0 aliphatic carbocycles. The number of para-hydroxylation sites is 2. The minimum absolute atomic E-state index is 0.0870. The number of nitrogens with zero attached hydrogens (tertiary/aromatic N) is 3. The molecule has 0 radical (unpaired) electrons. The van der Waals surface area contributed by atoms with Gasteiger partial charge >= 0.3 is 0 Å². The molecule has 13 rings (SSSR count). The van der Waals surface area contributed by atoms with Crippen LogP contribution in [0, 0.1) is 5.92 Å². The van der Waals surface area contributed by atoms with Crippen LogP contribution in [-0.2, 0) is 6.42 Å². The van der Waals surface area contributed by atoms with Gasteiger partial charge in [0.1, 0.15) is 0 Å². The Kier molecular flexibility index (Phi) is 6.76. The summed E-state index contributed by atoms with van der Waals surface area (Å²) in [5.74, 6) is 0.406. The average molecular weight is 760 g/mol. The van der Waals surface area contributed by atoms with E-state index in [-0.39, 0.29) is 6.04 Å². The van der Waals surface area contributed by atoms with Crippen LogP contribution in [-0.4, -0.2) is 14.7 Å². The van der Waals surface area contributed by atoms with Crippen LogP contribution in [0.25, 0.3) is 86.4 Å². The van der Waals surface area contributed by atoms with Crippen molar-refractivity contribution >= 4 is 97.8 Å². The molecule has 0 N–H and O–H groups in total. The minimum atomic E-state index is 0.0870. The lowest BCUT2D eigenvalue weighted by Gasteiger charge is -2.25. The number of aromatic nitrogens is 2. The molecule has 4 heteroatoms. The van der Waals surface area contributed by atoms with E-state index in [0.29, 0.717) is 5.92 Å². The first-order valence-corrected chi connectivity index (χ1v) is 21.3. The highest BCUT2D eigenvalue weighted by Gasteiger charge is 2.28. The van der Waals surface area contributed by atoms with E-state index in [0.717, 1.165) is 29.8 Å². The van der Waals surface area contributed by atoms with Crippen LogP contribution in [0.5, 0.6) is 0 Å². The van der Waals surface area contributed by atoms with Gasteiger partial charge in [-0.15, -0.1) is 11.3 Å². The van der Waals surface area contributed by atoms with E-state index in [9.17, 15) is 0 Å². The smallest absolute Gasteiger partial charge is 0.0829 e. The molecule has 0 saturated heterocycles. The van der Waals surface area contributed by atoms with Gasteiger partial charge in [-0.05, 0) is 94.6 Å². The fraction of sp³-hybridized carbons (Fsp3) is 0.0926. The van der Waals surface area contributed by atoms with Crippen molar-refractivity contribution in [3.8, 4) is 5.69 Å². The van der Waals surface area contributed by atoms with E-state index < -0.39 is 0 Å². The number of thiophene rings is 1. The topological polar surface area (TPSA) is 21.7 Å². The summed E-state index contributed by atoms with van der Waals surface area (Å²) >= 11 is 1.90. The molecule has 8 aromatic carbocycles. The Bertz CT molecular complexity index is 3640. The highest BCUT2D eigenvalue weighted by molar-refractivity contribution is 7.21. The molecule has 58 heavy (non-hydrogen) atoms. The van der Waals surface area contributed by atoms with Crippen molar-refractivity contribution in [2.24, 2.45) is 10.9 Å². The van der Waals surface area contributed by atoms with Crippen molar-refractivity contribution < 1.29 is 0 Å². The van der Waals surface area contributed by atoms with Gasteiger partial charge in [0.2, 0.25) is 0 Å². The summed E-state index contributed by atoms with van der Waals surface area (Å²) in [7, 11) is 0. The number of benzene rings is 8. The van der Waals surface area contributed by atoms with Gasteiger partial charge in [-0.25, -0.2) is 0 Å². The Morgan fingerprint density at radius 3 is 2.03 bits per heavy atom. The van der Waals surface area contributed by atoms with Crippen LogP contribution in [0.4, 0.5) is 0 Å². The molecule has 2 unspecified atom stereocenters. The predicted octanol–water partition coefficient (Wildman–Crippen LogP) is 14.5. The van der Waals surface area contributed by atoms with Gasteiger partial charge in [-0.3, -0.25) is 4.99 Å². The zero-order valence-corrected chi connectivity index (χ0v) is 32.8. The van der Waals surface area contributed by atoms with Crippen molar-refractivity contribution in [2.45, 2.75) is 25.8 Å². The van der Waals surface area contributed by atoms with Gasteiger partial charge in [0.05, 0.1) is 44.2 Å². The highest BCUT2D eigenvalue weighted by atomic mass is 32.1. The first-order chi connectivity index (χ1) is 28.7. The second-order valence-corrected chi connectivity index (χ2v) is 17.3. The quantitative estimate of drug-likeness (QED) is 0.171. The number of hydrogen-bond acceptors (Lipinski definition) is 2. The molecular formula is C54H37N3S. The number of hydrogen-bond donors (Lipinski definition) is 0. The molecule has 5 heterocycles. The van der Waals surface area contributed by atoms with Crippen molar-refractivity contribution in [1.82, 2.24) is 8.97 Å². The summed E-state index contributed by atoms with van der Waals surface area (Å²) in [6.07, 6.45) is 2.15. The molecule has 2 atom stereocenters. The molecule has 0 fully saturated rings. The highest BCUT2D eigenvalue weighted by Crippen LogP contribution is 2.47. The van der Waals surface area contributed by atoms with E-state index >= 15 is 0 Å². The van der Waals surface area contributed by atoms with Crippen LogP contribution in [0.2, 0.25) is 0 Å². The van der Waals surface area contributed by atoms with Crippen LogP contribution < -0.4 is 0 Å². The number of aryl methyl sites for hydroxylation is 1. The Hall–Kier alpha value is -6.75. The van der Waals surface area contributed by atoms with Crippen molar-refractivity contribution in [2.75, 3.05) is 0 Å². The van der Waals surface area contributed by atoms with E-state index in [2.05, 4.69) is 186 Å². The summed E-state index contributed by atoms with van der Waals surface area (Å²) in [4.78, 5) is 7.04. The molecular weight excluding hydrogens is 723 g/mol. The molecule has 12 aromatic rings. The SMILES string of the molecule is CC1CCc2c(sc3ccccc23)C(c2ccc(-n3c4ccccc4c4c5c6ccccc6n6c7cc8ccccc8cc7c(cc43)c56)cc2)=NC1c1ccccc1. The molecule has 0 saturated carbocycles. The van der Waals surface area contributed by atoms with Crippen LogP contribution >= 0.6 is 11.3 Å². The summed E-state index contributed by atoms with van der Waals surface area (Å²) in [5, 5.41) is 11.7. The molecule has 1 aliphatic heterocycles. The Morgan fingerprint density at radius 1 is 0.552 bits per heavy atom. The van der Waals surface area contributed by atoms with Crippen molar-refractivity contribution in [3.63, 3.8) is 0 Å². The molecule has 0 spiro atoms. The molecule has 0 amide bonds. The van der Waals surface area contributed by atoms with Crippen LogP contribution in [0.1, 0.15) is 41.0 Å².